The molecule has 1 aromatic rings. The first-order chi connectivity index (χ1) is 5.88. The van der Waals surface area contributed by atoms with Gasteiger partial charge < -0.3 is 5.11 Å². The molecule has 0 amide bonds. The third-order valence-corrected chi connectivity index (χ3v) is 2.00. The zero-order valence-corrected chi connectivity index (χ0v) is 8.89. The van der Waals surface area contributed by atoms with Crippen LogP contribution in [0.5, 0.6) is 5.75 Å². The molecule has 1 rings (SSSR count). The van der Waals surface area contributed by atoms with Gasteiger partial charge in [-0.2, -0.15) is 0 Å². The second-order valence-corrected chi connectivity index (χ2v) is 4.86. The number of hydrogen-bond donors (Lipinski definition) is 1. The Kier molecular flexibility index (Phi) is 2.65. The molecule has 0 bridgehead atoms. The first-order valence-corrected chi connectivity index (χ1v) is 4.67. The molecule has 0 aliphatic rings. The topological polar surface area (TPSA) is 20.2 Å². The quantitative estimate of drug-likeness (QED) is 0.699. The number of phenolic OH excluding ortho intramolecular Hbond substituents is 1. The summed E-state index contributed by atoms with van der Waals surface area (Å²) < 4.78 is 0. The van der Waals surface area contributed by atoms with Gasteiger partial charge in [0.1, 0.15) is 5.75 Å². The average Bonchev–Trinajstić information content (AvgIpc) is 1.94. The van der Waals surface area contributed by atoms with Crippen LogP contribution in [-0.4, -0.2) is 5.11 Å². The molecule has 0 radical (unpaired) electrons. The second kappa shape index (κ2) is 3.41. The molecule has 0 aliphatic heterocycles. The Morgan fingerprint density at radius 3 is 2.31 bits per heavy atom. The average molecular weight is 178 g/mol. The minimum absolute atomic E-state index is 0.309. The summed E-state index contributed by atoms with van der Waals surface area (Å²) in [6, 6.07) is 5.82. The van der Waals surface area contributed by atoms with E-state index in [0.29, 0.717) is 11.2 Å². The highest BCUT2D eigenvalue weighted by Gasteiger charge is 2.11. The van der Waals surface area contributed by atoms with Crippen molar-refractivity contribution in [2.24, 2.45) is 5.41 Å². The van der Waals surface area contributed by atoms with Gasteiger partial charge in [0.25, 0.3) is 0 Å². The van der Waals surface area contributed by atoms with Crippen molar-refractivity contribution >= 4 is 0 Å². The van der Waals surface area contributed by atoms with Crippen LogP contribution in [0.4, 0.5) is 0 Å². The molecule has 1 heteroatoms. The fourth-order valence-corrected chi connectivity index (χ4v) is 1.44. The maximum Gasteiger partial charge on any atom is 0.118 e. The van der Waals surface area contributed by atoms with E-state index in [2.05, 4.69) is 26.8 Å². The summed E-state index contributed by atoms with van der Waals surface area (Å²) in [5.41, 5.74) is 2.56. The Balaban J connectivity index is 2.86. The van der Waals surface area contributed by atoms with Gasteiger partial charge in [-0.1, -0.05) is 32.9 Å². The smallest absolute Gasteiger partial charge is 0.118 e. The van der Waals surface area contributed by atoms with Crippen LogP contribution in [0.3, 0.4) is 0 Å². The van der Waals surface area contributed by atoms with Crippen molar-refractivity contribution < 1.29 is 5.11 Å². The van der Waals surface area contributed by atoms with E-state index >= 15 is 0 Å². The SMILES string of the molecule is Cc1cc(CC(C)(C)C)ccc1O. The van der Waals surface area contributed by atoms with Gasteiger partial charge in [0.05, 0.1) is 0 Å². The molecule has 0 heterocycles. The minimum Gasteiger partial charge on any atom is -0.508 e. The number of aromatic hydroxyl groups is 1. The van der Waals surface area contributed by atoms with E-state index in [4.69, 9.17) is 0 Å². The maximum absolute atomic E-state index is 9.34. The van der Waals surface area contributed by atoms with Crippen LogP contribution < -0.4 is 0 Å². The minimum atomic E-state index is 0.309. The van der Waals surface area contributed by atoms with Crippen LogP contribution in [0.2, 0.25) is 0 Å². The molecule has 1 N–H and O–H groups in total. The van der Waals surface area contributed by atoms with E-state index < -0.39 is 0 Å². The molecule has 0 aliphatic carbocycles. The zero-order chi connectivity index (χ0) is 10.1. The van der Waals surface area contributed by atoms with Crippen molar-refractivity contribution in [2.45, 2.75) is 34.1 Å². The lowest BCUT2D eigenvalue weighted by atomic mass is 9.88. The normalized spacial score (nSPS) is 11.7. The van der Waals surface area contributed by atoms with Crippen LogP contribution in [0, 0.1) is 12.3 Å². The van der Waals surface area contributed by atoms with Crippen molar-refractivity contribution in [3.8, 4) is 5.75 Å². The number of rotatable bonds is 1. The summed E-state index contributed by atoms with van der Waals surface area (Å²) >= 11 is 0. The summed E-state index contributed by atoms with van der Waals surface area (Å²) in [5.74, 6) is 0.387. The molecule has 0 aromatic heterocycles. The predicted molar refractivity (Wildman–Crippen MR) is 56.0 cm³/mol. The van der Waals surface area contributed by atoms with E-state index in [1.54, 1.807) is 6.07 Å². The molecule has 72 valence electrons. The molecular weight excluding hydrogens is 160 g/mol. The molecule has 1 nitrogen and oxygen atoms in total. The standard InChI is InChI=1S/C12H18O/c1-9-7-10(5-6-11(9)13)8-12(2,3)4/h5-7,13H,8H2,1-4H3. The van der Waals surface area contributed by atoms with Gasteiger partial charge >= 0.3 is 0 Å². The van der Waals surface area contributed by atoms with E-state index in [1.807, 2.05) is 13.0 Å². The lowest BCUT2D eigenvalue weighted by Crippen LogP contribution is -2.08. The molecular formula is C12H18O. The van der Waals surface area contributed by atoms with Crippen molar-refractivity contribution in [1.29, 1.82) is 0 Å². The Hall–Kier alpha value is -0.980. The fourth-order valence-electron chi connectivity index (χ4n) is 1.44. The van der Waals surface area contributed by atoms with Crippen molar-refractivity contribution in [2.75, 3.05) is 0 Å². The van der Waals surface area contributed by atoms with Gasteiger partial charge in [0.2, 0.25) is 0 Å². The maximum atomic E-state index is 9.34. The van der Waals surface area contributed by atoms with Crippen molar-refractivity contribution in [3.63, 3.8) is 0 Å². The highest BCUT2D eigenvalue weighted by atomic mass is 16.3. The number of aryl methyl sites for hydroxylation is 1. The van der Waals surface area contributed by atoms with E-state index in [-0.39, 0.29) is 0 Å². The lowest BCUT2D eigenvalue weighted by molar-refractivity contribution is 0.410. The Morgan fingerprint density at radius 2 is 1.85 bits per heavy atom. The molecule has 0 unspecified atom stereocenters. The Bertz CT molecular complexity index is 294. The van der Waals surface area contributed by atoms with Gasteiger partial charge in [0, 0.05) is 0 Å². The summed E-state index contributed by atoms with van der Waals surface area (Å²) in [5, 5.41) is 9.34. The van der Waals surface area contributed by atoms with E-state index in [1.165, 1.54) is 5.56 Å². The van der Waals surface area contributed by atoms with Crippen molar-refractivity contribution in [3.05, 3.63) is 29.3 Å². The van der Waals surface area contributed by atoms with Gasteiger partial charge in [-0.3, -0.25) is 0 Å². The second-order valence-electron chi connectivity index (χ2n) is 4.86. The molecule has 0 spiro atoms. The Morgan fingerprint density at radius 1 is 1.23 bits per heavy atom. The summed E-state index contributed by atoms with van der Waals surface area (Å²) in [7, 11) is 0. The zero-order valence-electron chi connectivity index (χ0n) is 8.89. The van der Waals surface area contributed by atoms with Crippen LogP contribution in [0.1, 0.15) is 31.9 Å². The van der Waals surface area contributed by atoms with Crippen molar-refractivity contribution in [1.82, 2.24) is 0 Å². The molecule has 0 fully saturated rings. The number of benzene rings is 1. The lowest BCUT2D eigenvalue weighted by Gasteiger charge is -2.18. The predicted octanol–water partition coefficient (Wildman–Crippen LogP) is 3.29. The van der Waals surface area contributed by atoms with Gasteiger partial charge in [-0.15, -0.1) is 0 Å². The monoisotopic (exact) mass is 178 g/mol. The molecule has 0 saturated heterocycles. The Labute approximate surface area is 80.4 Å². The highest BCUT2D eigenvalue weighted by molar-refractivity contribution is 5.35. The molecule has 0 atom stereocenters. The third-order valence-electron chi connectivity index (χ3n) is 2.00. The third kappa shape index (κ3) is 3.10. The summed E-state index contributed by atoms with van der Waals surface area (Å²) in [6.45, 7) is 8.58. The summed E-state index contributed by atoms with van der Waals surface area (Å²) in [4.78, 5) is 0. The highest BCUT2D eigenvalue weighted by Crippen LogP contribution is 2.24. The first-order valence-electron chi connectivity index (χ1n) is 4.67. The first kappa shape index (κ1) is 10.1. The molecule has 13 heavy (non-hydrogen) atoms. The largest absolute Gasteiger partial charge is 0.508 e. The molecule has 1 aromatic carbocycles. The van der Waals surface area contributed by atoms with E-state index in [0.717, 1.165) is 12.0 Å². The number of hydrogen-bond acceptors (Lipinski definition) is 1. The summed E-state index contributed by atoms with van der Waals surface area (Å²) in [6.07, 6.45) is 1.05. The van der Waals surface area contributed by atoms with Gasteiger partial charge in [-0.05, 0) is 36.0 Å². The van der Waals surface area contributed by atoms with E-state index in [9.17, 15) is 5.11 Å². The van der Waals surface area contributed by atoms with Gasteiger partial charge in [-0.25, -0.2) is 0 Å². The van der Waals surface area contributed by atoms with Gasteiger partial charge in [0.15, 0.2) is 0 Å². The van der Waals surface area contributed by atoms with Crippen LogP contribution in [0.15, 0.2) is 18.2 Å². The van der Waals surface area contributed by atoms with Crippen LogP contribution >= 0.6 is 0 Å². The molecule has 0 saturated carbocycles. The van der Waals surface area contributed by atoms with Crippen LogP contribution in [-0.2, 0) is 6.42 Å². The van der Waals surface area contributed by atoms with Crippen LogP contribution in [0.25, 0.3) is 0 Å². The fraction of sp³-hybridized carbons (Fsp3) is 0.500. The number of phenols is 1.